The van der Waals surface area contributed by atoms with E-state index in [2.05, 4.69) is 43.9 Å². The lowest BCUT2D eigenvalue weighted by Crippen LogP contribution is -2.36. The van der Waals surface area contributed by atoms with Crippen molar-refractivity contribution in [2.45, 2.75) is 32.1 Å². The molecule has 0 aromatic carbocycles. The smallest absolute Gasteiger partial charge is 0.169 e. The average Bonchev–Trinajstić information content (AvgIpc) is 3.12. The summed E-state index contributed by atoms with van der Waals surface area (Å²) in [5, 5.41) is 18.9. The molecule has 0 radical (unpaired) electrons. The van der Waals surface area contributed by atoms with Crippen LogP contribution in [0.25, 0.3) is 0 Å². The minimum atomic E-state index is 0.268. The summed E-state index contributed by atoms with van der Waals surface area (Å²) in [6.07, 6.45) is 10.7. The fraction of sp³-hybridized carbons (Fsp3) is 0.714. The van der Waals surface area contributed by atoms with Crippen molar-refractivity contribution < 1.29 is 0 Å². The Balaban J connectivity index is 1.55. The quantitative estimate of drug-likeness (QED) is 0.506. The van der Waals surface area contributed by atoms with Gasteiger partial charge in [0.15, 0.2) is 5.57 Å². The van der Waals surface area contributed by atoms with E-state index < -0.39 is 0 Å². The highest BCUT2D eigenvalue weighted by atomic mass is 15.4. The molecule has 0 atom stereocenters. The minimum Gasteiger partial charge on any atom is -0.355 e. The molecule has 0 aromatic rings. The Morgan fingerprint density at radius 1 is 0.778 bits per heavy atom. The van der Waals surface area contributed by atoms with Gasteiger partial charge in [-0.1, -0.05) is 18.6 Å². The molecule has 0 spiro atoms. The maximum Gasteiger partial charge on any atom is 0.169 e. The maximum atomic E-state index is 9.46. The number of likely N-dealkylation sites (tertiary alicyclic amines) is 1. The van der Waals surface area contributed by atoms with E-state index >= 15 is 0 Å². The molecule has 3 heterocycles. The van der Waals surface area contributed by atoms with Crippen molar-refractivity contribution in [3.63, 3.8) is 0 Å². The van der Waals surface area contributed by atoms with E-state index in [1.54, 1.807) is 0 Å². The van der Waals surface area contributed by atoms with Crippen LogP contribution in [-0.4, -0.2) is 85.0 Å². The first-order valence-electron chi connectivity index (χ1n) is 10.5. The Morgan fingerprint density at radius 2 is 1.52 bits per heavy atom. The summed E-state index contributed by atoms with van der Waals surface area (Å²) >= 11 is 0. The van der Waals surface area contributed by atoms with Gasteiger partial charge in [0.2, 0.25) is 0 Å². The topological polar surface area (TPSA) is 60.5 Å². The molecule has 0 N–H and O–H groups in total. The summed E-state index contributed by atoms with van der Waals surface area (Å²) in [5.74, 6) is 0.867. The number of hydrogen-bond donors (Lipinski definition) is 0. The van der Waals surface area contributed by atoms with E-state index in [1.807, 2.05) is 0 Å². The Morgan fingerprint density at radius 3 is 2.19 bits per heavy atom. The van der Waals surface area contributed by atoms with Crippen LogP contribution in [0.15, 0.2) is 23.5 Å². The van der Waals surface area contributed by atoms with Crippen LogP contribution in [0.5, 0.6) is 0 Å². The fourth-order valence-corrected chi connectivity index (χ4v) is 4.35. The van der Waals surface area contributed by atoms with Gasteiger partial charge < -0.3 is 14.7 Å². The highest BCUT2D eigenvalue weighted by Crippen LogP contribution is 2.22. The first-order chi connectivity index (χ1) is 13.3. The van der Waals surface area contributed by atoms with E-state index in [-0.39, 0.29) is 5.57 Å². The van der Waals surface area contributed by atoms with Gasteiger partial charge in [-0.25, -0.2) is 0 Å². The molecule has 2 fully saturated rings. The van der Waals surface area contributed by atoms with Gasteiger partial charge in [-0.3, -0.25) is 4.90 Å². The van der Waals surface area contributed by atoms with Crippen LogP contribution in [0.3, 0.4) is 0 Å². The molecule has 27 heavy (non-hydrogen) atoms. The molecular formula is C21H32N6. The molecule has 0 saturated carbocycles. The van der Waals surface area contributed by atoms with Gasteiger partial charge in [0.1, 0.15) is 18.0 Å². The van der Waals surface area contributed by atoms with Gasteiger partial charge in [0.05, 0.1) is 0 Å². The summed E-state index contributed by atoms with van der Waals surface area (Å²) in [6, 6.07) is 4.26. The van der Waals surface area contributed by atoms with Crippen molar-refractivity contribution in [2.75, 3.05) is 65.4 Å². The average molecular weight is 369 g/mol. The van der Waals surface area contributed by atoms with E-state index in [0.29, 0.717) is 0 Å². The molecule has 0 aliphatic carbocycles. The highest BCUT2D eigenvalue weighted by Gasteiger charge is 2.28. The van der Waals surface area contributed by atoms with Crippen LogP contribution in [-0.2, 0) is 0 Å². The first-order valence-corrected chi connectivity index (χ1v) is 10.5. The number of piperidine rings is 1. The van der Waals surface area contributed by atoms with E-state index in [1.165, 1.54) is 32.4 Å². The second-order valence-electron chi connectivity index (χ2n) is 7.71. The molecule has 3 aliphatic heterocycles. The summed E-state index contributed by atoms with van der Waals surface area (Å²) < 4.78 is 0. The highest BCUT2D eigenvalue weighted by molar-refractivity contribution is 5.40. The van der Waals surface area contributed by atoms with Crippen LogP contribution < -0.4 is 0 Å². The Bertz CT molecular complexity index is 604. The number of allylic oxidation sites excluding steroid dienone is 1. The van der Waals surface area contributed by atoms with Crippen LogP contribution in [0.2, 0.25) is 0 Å². The number of rotatable bonds is 7. The molecule has 0 unspecified atom stereocenters. The van der Waals surface area contributed by atoms with Crippen molar-refractivity contribution in [3.8, 4) is 12.1 Å². The summed E-state index contributed by atoms with van der Waals surface area (Å²) in [7, 11) is 0. The van der Waals surface area contributed by atoms with Crippen LogP contribution in [0.4, 0.5) is 0 Å². The second-order valence-corrected chi connectivity index (χ2v) is 7.71. The van der Waals surface area contributed by atoms with Gasteiger partial charge in [-0.15, -0.1) is 0 Å². The van der Waals surface area contributed by atoms with E-state index in [4.69, 9.17) is 0 Å². The van der Waals surface area contributed by atoms with Gasteiger partial charge in [-0.05, 0) is 45.3 Å². The molecule has 3 rings (SSSR count). The molecule has 0 aromatic heterocycles. The normalized spacial score (nSPS) is 21.3. The zero-order valence-corrected chi connectivity index (χ0v) is 16.4. The lowest BCUT2D eigenvalue weighted by atomic mass is 10.1. The third-order valence-corrected chi connectivity index (χ3v) is 5.87. The molecule has 0 bridgehead atoms. The summed E-state index contributed by atoms with van der Waals surface area (Å²) in [5.41, 5.74) is 0.268. The minimum absolute atomic E-state index is 0.268. The number of nitrogens with zero attached hydrogens (tertiary/aromatic N) is 6. The van der Waals surface area contributed by atoms with Crippen molar-refractivity contribution in [3.05, 3.63) is 23.5 Å². The third-order valence-electron chi connectivity index (χ3n) is 5.87. The standard InChI is InChI=1S/C21H32N6/c22-18-20(19-23)21-26(13-7-12-24-8-3-1-4-9-24)16-17-27(21)15-14-25-10-5-2-6-11-25/h2,5H,1,3-4,6-17H2. The molecule has 0 amide bonds. The van der Waals surface area contributed by atoms with Crippen molar-refractivity contribution in [2.24, 2.45) is 0 Å². The van der Waals surface area contributed by atoms with Crippen LogP contribution in [0.1, 0.15) is 32.1 Å². The Labute approximate surface area is 163 Å². The summed E-state index contributed by atoms with van der Waals surface area (Å²) in [6.45, 7) is 10.3. The third kappa shape index (κ3) is 5.48. The predicted molar refractivity (Wildman–Crippen MR) is 107 cm³/mol. The first kappa shape index (κ1) is 19.7. The fourth-order valence-electron chi connectivity index (χ4n) is 4.35. The number of nitriles is 2. The van der Waals surface area contributed by atoms with Crippen molar-refractivity contribution in [1.82, 2.24) is 19.6 Å². The lowest BCUT2D eigenvalue weighted by Gasteiger charge is -2.30. The van der Waals surface area contributed by atoms with E-state index in [9.17, 15) is 10.5 Å². The molecule has 2 saturated heterocycles. The SMILES string of the molecule is N#CC(C#N)=C1N(CCCN2CCCCC2)CCN1CCN1CC=CCC1. The Hall–Kier alpha value is -2.02. The molecule has 6 heteroatoms. The van der Waals surface area contributed by atoms with Crippen molar-refractivity contribution in [1.29, 1.82) is 10.5 Å². The maximum absolute atomic E-state index is 9.46. The van der Waals surface area contributed by atoms with Gasteiger partial charge >= 0.3 is 0 Å². The monoisotopic (exact) mass is 368 g/mol. The lowest BCUT2D eigenvalue weighted by molar-refractivity contribution is 0.213. The summed E-state index contributed by atoms with van der Waals surface area (Å²) in [4.78, 5) is 9.51. The zero-order valence-electron chi connectivity index (χ0n) is 16.4. The molecule has 3 aliphatic rings. The largest absolute Gasteiger partial charge is 0.355 e. The van der Waals surface area contributed by atoms with E-state index in [0.717, 1.165) is 71.0 Å². The van der Waals surface area contributed by atoms with Crippen LogP contribution >= 0.6 is 0 Å². The second kappa shape index (κ2) is 10.3. The number of hydrogen-bond acceptors (Lipinski definition) is 6. The predicted octanol–water partition coefficient (Wildman–Crippen LogP) is 2.00. The van der Waals surface area contributed by atoms with Gasteiger partial charge in [0, 0.05) is 45.8 Å². The van der Waals surface area contributed by atoms with Crippen molar-refractivity contribution >= 4 is 0 Å². The Kier molecular flexibility index (Phi) is 7.56. The molecular weight excluding hydrogens is 336 g/mol. The molecule has 6 nitrogen and oxygen atoms in total. The van der Waals surface area contributed by atoms with Crippen LogP contribution in [0, 0.1) is 22.7 Å². The zero-order chi connectivity index (χ0) is 18.9. The van der Waals surface area contributed by atoms with Gasteiger partial charge in [-0.2, -0.15) is 10.5 Å². The molecule has 146 valence electrons. The van der Waals surface area contributed by atoms with Gasteiger partial charge in [0.25, 0.3) is 0 Å².